The molecule has 0 spiro atoms. The van der Waals surface area contributed by atoms with Crippen molar-refractivity contribution in [3.8, 4) is 5.75 Å². The number of amides is 1. The van der Waals surface area contributed by atoms with Crippen LogP contribution >= 0.6 is 0 Å². The van der Waals surface area contributed by atoms with Crippen LogP contribution in [0.5, 0.6) is 5.75 Å². The van der Waals surface area contributed by atoms with Gasteiger partial charge in [0.15, 0.2) is 4.90 Å². The largest absolute Gasteiger partial charge is 0.492 e. The number of nitro groups is 1. The molecule has 0 aromatic heterocycles. The van der Waals surface area contributed by atoms with Gasteiger partial charge in [0.2, 0.25) is 5.91 Å². The summed E-state index contributed by atoms with van der Waals surface area (Å²) in [7, 11) is -4.45. The third-order valence-electron chi connectivity index (χ3n) is 3.36. The topological polar surface area (TPSA) is 133 Å². The van der Waals surface area contributed by atoms with Crippen LogP contribution in [0.25, 0.3) is 0 Å². The second kappa shape index (κ2) is 7.83. The van der Waals surface area contributed by atoms with Crippen molar-refractivity contribution in [3.05, 3.63) is 58.6 Å². The first-order valence-corrected chi connectivity index (χ1v) is 8.99. The van der Waals surface area contributed by atoms with Crippen LogP contribution in [-0.2, 0) is 14.8 Å². The normalized spacial score (nSPS) is 11.0. The summed E-state index contributed by atoms with van der Waals surface area (Å²) in [5.74, 6) is -0.711. The Kier molecular flexibility index (Phi) is 5.78. The minimum Gasteiger partial charge on any atom is -0.492 e. The molecular weight excluding hydrogens is 362 g/mol. The third kappa shape index (κ3) is 3.91. The highest BCUT2D eigenvalue weighted by atomic mass is 32.2. The maximum atomic E-state index is 13.1. The lowest BCUT2D eigenvalue weighted by atomic mass is 10.3. The molecule has 0 fully saturated rings. The molecule has 9 nitrogen and oxygen atoms in total. The molecule has 0 atom stereocenters. The smallest absolute Gasteiger partial charge is 0.289 e. The van der Waals surface area contributed by atoms with Crippen molar-refractivity contribution >= 4 is 27.3 Å². The molecular formula is C16H17N3O6S. The van der Waals surface area contributed by atoms with Gasteiger partial charge < -0.3 is 10.5 Å². The molecule has 2 N–H and O–H groups in total. The number of sulfonamides is 1. The Hall–Kier alpha value is -3.14. The van der Waals surface area contributed by atoms with E-state index >= 15 is 0 Å². The van der Waals surface area contributed by atoms with Gasteiger partial charge in [-0.2, -0.15) is 0 Å². The number of nitrogens with zero attached hydrogens (tertiary/aromatic N) is 2. The molecule has 26 heavy (non-hydrogen) atoms. The Bertz CT molecular complexity index is 929. The number of hydrogen-bond acceptors (Lipinski definition) is 6. The highest BCUT2D eigenvalue weighted by Gasteiger charge is 2.34. The van der Waals surface area contributed by atoms with Crippen molar-refractivity contribution in [2.75, 3.05) is 17.5 Å². The van der Waals surface area contributed by atoms with E-state index in [0.717, 1.165) is 12.1 Å². The average molecular weight is 379 g/mol. The quantitative estimate of drug-likeness (QED) is 0.548. The van der Waals surface area contributed by atoms with Gasteiger partial charge >= 0.3 is 0 Å². The van der Waals surface area contributed by atoms with Gasteiger partial charge in [-0.05, 0) is 25.1 Å². The van der Waals surface area contributed by atoms with E-state index in [-0.39, 0.29) is 18.0 Å². The predicted molar refractivity (Wildman–Crippen MR) is 94.4 cm³/mol. The number of carbonyl (C=O) groups excluding carboxylic acids is 1. The zero-order valence-corrected chi connectivity index (χ0v) is 14.7. The molecule has 0 aliphatic carbocycles. The Labute approximate surface area is 150 Å². The number of ether oxygens (including phenoxy) is 1. The van der Waals surface area contributed by atoms with E-state index in [1.165, 1.54) is 24.3 Å². The molecule has 0 aliphatic rings. The molecule has 1 amide bonds. The van der Waals surface area contributed by atoms with Gasteiger partial charge in [0.1, 0.15) is 12.3 Å². The van der Waals surface area contributed by atoms with Crippen molar-refractivity contribution in [3.63, 3.8) is 0 Å². The van der Waals surface area contributed by atoms with Crippen LogP contribution in [0.1, 0.15) is 6.92 Å². The van der Waals surface area contributed by atoms with Crippen LogP contribution in [0.4, 0.5) is 11.4 Å². The molecule has 0 heterocycles. The minimum absolute atomic E-state index is 0.0614. The number of para-hydroxylation sites is 3. The van der Waals surface area contributed by atoms with Crippen LogP contribution in [0.2, 0.25) is 0 Å². The van der Waals surface area contributed by atoms with E-state index in [2.05, 4.69) is 0 Å². The Balaban J connectivity index is 2.68. The van der Waals surface area contributed by atoms with Gasteiger partial charge in [0, 0.05) is 6.07 Å². The molecule has 10 heteroatoms. The lowest BCUT2D eigenvalue weighted by Gasteiger charge is -2.25. The Morgan fingerprint density at radius 3 is 2.42 bits per heavy atom. The van der Waals surface area contributed by atoms with Gasteiger partial charge in [0.05, 0.1) is 17.2 Å². The average Bonchev–Trinajstić information content (AvgIpc) is 2.60. The standard InChI is InChI=1S/C16H17N3O6S/c1-2-25-14-9-5-3-7-12(14)18(11-16(17)20)26(23,24)15-10-6-4-8-13(15)19(21)22/h3-10H,2,11H2,1H3,(H2,17,20). The second-order valence-electron chi connectivity index (χ2n) is 5.10. The number of carbonyl (C=O) groups is 1. The highest BCUT2D eigenvalue weighted by Crippen LogP contribution is 2.34. The van der Waals surface area contributed by atoms with Crippen LogP contribution in [0.15, 0.2) is 53.4 Å². The molecule has 0 radical (unpaired) electrons. The van der Waals surface area contributed by atoms with Crippen LogP contribution < -0.4 is 14.8 Å². The third-order valence-corrected chi connectivity index (χ3v) is 5.17. The van der Waals surface area contributed by atoms with Gasteiger partial charge in [-0.1, -0.05) is 24.3 Å². The molecule has 0 saturated carbocycles. The first-order valence-electron chi connectivity index (χ1n) is 7.55. The summed E-state index contributed by atoms with van der Waals surface area (Å²) in [4.78, 5) is 21.4. The zero-order chi connectivity index (χ0) is 19.3. The molecule has 0 unspecified atom stereocenters. The van der Waals surface area contributed by atoms with Gasteiger partial charge in [0.25, 0.3) is 15.7 Å². The highest BCUT2D eigenvalue weighted by molar-refractivity contribution is 7.93. The van der Waals surface area contributed by atoms with Gasteiger partial charge in [-0.15, -0.1) is 0 Å². The fourth-order valence-corrected chi connectivity index (χ4v) is 3.93. The number of hydrogen-bond donors (Lipinski definition) is 1. The first-order chi connectivity index (χ1) is 12.3. The van der Waals surface area contributed by atoms with Crippen molar-refractivity contribution in [2.24, 2.45) is 5.73 Å². The van der Waals surface area contributed by atoms with E-state index in [9.17, 15) is 23.3 Å². The number of anilines is 1. The van der Waals surface area contributed by atoms with E-state index in [4.69, 9.17) is 10.5 Å². The maximum absolute atomic E-state index is 13.1. The van der Waals surface area contributed by atoms with E-state index in [1.807, 2.05) is 0 Å². The summed E-state index contributed by atoms with van der Waals surface area (Å²) < 4.78 is 32.3. The fourth-order valence-electron chi connectivity index (χ4n) is 2.33. The van der Waals surface area contributed by atoms with E-state index in [0.29, 0.717) is 4.31 Å². The van der Waals surface area contributed by atoms with Crippen molar-refractivity contribution in [1.82, 2.24) is 0 Å². The summed E-state index contributed by atoms with van der Waals surface area (Å²) in [6.07, 6.45) is 0. The first kappa shape index (κ1) is 19.2. The number of nitrogens with two attached hydrogens (primary N) is 1. The van der Waals surface area contributed by atoms with Crippen molar-refractivity contribution < 1.29 is 22.9 Å². The van der Waals surface area contributed by atoms with Crippen molar-refractivity contribution in [2.45, 2.75) is 11.8 Å². The zero-order valence-electron chi connectivity index (χ0n) is 13.9. The molecule has 2 aromatic rings. The van der Waals surface area contributed by atoms with Crippen LogP contribution in [0, 0.1) is 10.1 Å². The monoisotopic (exact) mass is 379 g/mol. The van der Waals surface area contributed by atoms with E-state index in [1.54, 1.807) is 19.1 Å². The second-order valence-corrected chi connectivity index (χ2v) is 6.93. The van der Waals surface area contributed by atoms with Crippen LogP contribution in [0.3, 0.4) is 0 Å². The predicted octanol–water partition coefficient (Wildman–Crippen LogP) is 1.67. The number of primary amides is 1. The summed E-state index contributed by atoms with van der Waals surface area (Å²) >= 11 is 0. The fraction of sp³-hybridized carbons (Fsp3) is 0.188. The summed E-state index contributed by atoms with van der Waals surface area (Å²) in [6.45, 7) is 1.27. The summed E-state index contributed by atoms with van der Waals surface area (Å²) in [5.41, 5.74) is 4.67. The summed E-state index contributed by atoms with van der Waals surface area (Å²) in [5, 5.41) is 11.2. The molecule has 0 saturated heterocycles. The maximum Gasteiger partial charge on any atom is 0.289 e. The number of rotatable bonds is 8. The summed E-state index contributed by atoms with van der Waals surface area (Å²) in [6, 6.07) is 11.0. The number of nitro benzene ring substituents is 1. The van der Waals surface area contributed by atoms with Crippen molar-refractivity contribution in [1.29, 1.82) is 0 Å². The Morgan fingerprint density at radius 1 is 1.19 bits per heavy atom. The molecule has 2 rings (SSSR count). The van der Waals surface area contributed by atoms with Crippen LogP contribution in [-0.4, -0.2) is 32.4 Å². The number of benzene rings is 2. The molecule has 138 valence electrons. The Morgan fingerprint density at radius 2 is 1.81 bits per heavy atom. The van der Waals surface area contributed by atoms with Gasteiger partial charge in [-0.25, -0.2) is 8.42 Å². The SMILES string of the molecule is CCOc1ccccc1N(CC(N)=O)S(=O)(=O)c1ccccc1[N+](=O)[O-]. The lowest BCUT2D eigenvalue weighted by molar-refractivity contribution is -0.387. The minimum atomic E-state index is -4.45. The molecule has 0 aliphatic heterocycles. The van der Waals surface area contributed by atoms with E-state index < -0.39 is 38.0 Å². The van der Waals surface area contributed by atoms with Gasteiger partial charge in [-0.3, -0.25) is 19.2 Å². The molecule has 0 bridgehead atoms. The molecule has 2 aromatic carbocycles. The lowest BCUT2D eigenvalue weighted by Crippen LogP contribution is -2.39.